The fourth-order valence-electron chi connectivity index (χ4n) is 1.87. The summed E-state index contributed by atoms with van der Waals surface area (Å²) in [6.45, 7) is 3.75. The van der Waals surface area contributed by atoms with Crippen molar-refractivity contribution < 1.29 is 13.2 Å². The number of hydrogen-bond acceptors (Lipinski definition) is 2. The first-order valence-corrected chi connectivity index (χ1v) is 5.40. The molecule has 0 bridgehead atoms. The summed E-state index contributed by atoms with van der Waals surface area (Å²) >= 11 is 0. The molecule has 0 aliphatic carbocycles. The van der Waals surface area contributed by atoms with Crippen LogP contribution in [0.4, 0.5) is 19.0 Å². The first-order chi connectivity index (χ1) is 8.41. The van der Waals surface area contributed by atoms with E-state index in [9.17, 15) is 13.2 Å². The number of nitrogen functional groups attached to an aromatic ring is 1. The summed E-state index contributed by atoms with van der Waals surface area (Å²) < 4.78 is 39.3. The summed E-state index contributed by atoms with van der Waals surface area (Å²) in [5, 5.41) is 6.42. The number of nitrogens with zero attached hydrogens (tertiary/aromatic N) is 1. The number of aromatic amines is 1. The van der Waals surface area contributed by atoms with Gasteiger partial charge in [-0.1, -0.05) is 13.8 Å². The molecule has 0 aliphatic heterocycles. The molecule has 3 N–H and O–H groups in total. The van der Waals surface area contributed by atoms with Gasteiger partial charge in [0.05, 0.1) is 5.69 Å². The Bertz CT molecular complexity index is 567. The lowest BCUT2D eigenvalue weighted by molar-refractivity contribution is 0.447. The van der Waals surface area contributed by atoms with E-state index in [4.69, 9.17) is 5.73 Å². The lowest BCUT2D eigenvalue weighted by Gasteiger charge is -2.08. The van der Waals surface area contributed by atoms with Crippen LogP contribution in [0.15, 0.2) is 12.1 Å². The van der Waals surface area contributed by atoms with Gasteiger partial charge in [0.1, 0.15) is 5.82 Å². The van der Waals surface area contributed by atoms with Gasteiger partial charge in [-0.3, -0.25) is 5.10 Å². The number of anilines is 1. The van der Waals surface area contributed by atoms with Gasteiger partial charge in [-0.25, -0.2) is 13.2 Å². The zero-order valence-corrected chi connectivity index (χ0v) is 9.89. The maximum Gasteiger partial charge on any atom is 0.194 e. The summed E-state index contributed by atoms with van der Waals surface area (Å²) in [6, 6.07) is 1.83. The minimum Gasteiger partial charge on any atom is -0.382 e. The number of nitrogens with two attached hydrogens (primary N) is 1. The highest BCUT2D eigenvalue weighted by molar-refractivity contribution is 5.69. The fraction of sp³-hybridized carbons (Fsp3) is 0.250. The lowest BCUT2D eigenvalue weighted by atomic mass is 9.98. The molecule has 3 nitrogen and oxygen atoms in total. The maximum absolute atomic E-state index is 13.2. The van der Waals surface area contributed by atoms with Crippen molar-refractivity contribution in [2.75, 3.05) is 5.73 Å². The van der Waals surface area contributed by atoms with Crippen molar-refractivity contribution in [3.63, 3.8) is 0 Å². The van der Waals surface area contributed by atoms with Gasteiger partial charge >= 0.3 is 0 Å². The second-order valence-corrected chi connectivity index (χ2v) is 4.31. The van der Waals surface area contributed by atoms with Crippen molar-refractivity contribution in [2.24, 2.45) is 0 Å². The predicted octanol–water partition coefficient (Wildman–Crippen LogP) is 3.20. The number of nitrogens with one attached hydrogen (secondary N) is 1. The molecule has 2 rings (SSSR count). The fourth-order valence-corrected chi connectivity index (χ4v) is 1.87. The molecule has 1 aromatic heterocycles. The highest BCUT2D eigenvalue weighted by Gasteiger charge is 2.19. The standard InChI is InChI=1S/C12H12F3N3/c1-5(2)9-11(17-18-12(9)16)6-3-7(13)10(15)8(14)4-6/h3-5H,1-2H3,(H3,16,17,18). The second-order valence-electron chi connectivity index (χ2n) is 4.31. The van der Waals surface area contributed by atoms with Crippen LogP contribution < -0.4 is 5.73 Å². The molecule has 6 heteroatoms. The molecule has 0 atom stereocenters. The summed E-state index contributed by atoms with van der Waals surface area (Å²) in [5.74, 6) is -3.68. The molecule has 96 valence electrons. The molecule has 0 aliphatic rings. The van der Waals surface area contributed by atoms with E-state index in [0.29, 0.717) is 11.3 Å². The Morgan fingerprint density at radius 3 is 2.22 bits per heavy atom. The molecule has 1 heterocycles. The average molecular weight is 255 g/mol. The van der Waals surface area contributed by atoms with Gasteiger partial charge in [-0.15, -0.1) is 0 Å². The zero-order valence-electron chi connectivity index (χ0n) is 9.89. The third kappa shape index (κ3) is 1.94. The topological polar surface area (TPSA) is 54.7 Å². The Morgan fingerprint density at radius 1 is 1.17 bits per heavy atom. The van der Waals surface area contributed by atoms with Crippen LogP contribution in [0.5, 0.6) is 0 Å². The second kappa shape index (κ2) is 4.36. The Balaban J connectivity index is 2.63. The average Bonchev–Trinajstić information content (AvgIpc) is 2.67. The number of hydrogen-bond donors (Lipinski definition) is 2. The predicted molar refractivity (Wildman–Crippen MR) is 62.4 cm³/mol. The van der Waals surface area contributed by atoms with Gasteiger partial charge in [0.15, 0.2) is 17.5 Å². The van der Waals surface area contributed by atoms with Crippen molar-refractivity contribution in [3.05, 3.63) is 35.1 Å². The molecule has 0 unspecified atom stereocenters. The number of aromatic nitrogens is 2. The minimum absolute atomic E-state index is 0.0231. The summed E-state index contributed by atoms with van der Waals surface area (Å²) in [5.41, 5.74) is 6.92. The molecular formula is C12H12F3N3. The number of benzene rings is 1. The quantitative estimate of drug-likeness (QED) is 0.809. The number of H-pyrrole nitrogens is 1. The monoisotopic (exact) mass is 255 g/mol. The molecule has 2 aromatic rings. The molecule has 0 saturated carbocycles. The number of rotatable bonds is 2. The van der Waals surface area contributed by atoms with E-state index >= 15 is 0 Å². The van der Waals surface area contributed by atoms with Crippen LogP contribution in [0.1, 0.15) is 25.3 Å². The van der Waals surface area contributed by atoms with Gasteiger partial charge in [-0.2, -0.15) is 5.10 Å². The van der Waals surface area contributed by atoms with Crippen molar-refractivity contribution in [1.82, 2.24) is 10.2 Å². The van der Waals surface area contributed by atoms with Crippen molar-refractivity contribution in [2.45, 2.75) is 19.8 Å². The van der Waals surface area contributed by atoms with E-state index in [-0.39, 0.29) is 17.3 Å². The Labute approximate surface area is 102 Å². The van der Waals surface area contributed by atoms with E-state index in [1.807, 2.05) is 13.8 Å². The normalized spacial score (nSPS) is 11.2. The SMILES string of the molecule is CC(C)c1c(N)n[nH]c1-c1cc(F)c(F)c(F)c1. The van der Waals surface area contributed by atoms with Crippen molar-refractivity contribution in [1.29, 1.82) is 0 Å². The van der Waals surface area contributed by atoms with Gasteiger partial charge < -0.3 is 5.73 Å². The van der Waals surface area contributed by atoms with Crippen molar-refractivity contribution in [3.8, 4) is 11.3 Å². The number of halogens is 3. The summed E-state index contributed by atoms with van der Waals surface area (Å²) in [6.07, 6.45) is 0. The molecule has 0 fully saturated rings. The van der Waals surface area contributed by atoms with Crippen LogP contribution in [0.3, 0.4) is 0 Å². The first kappa shape index (κ1) is 12.5. The van der Waals surface area contributed by atoms with E-state index in [0.717, 1.165) is 12.1 Å². The summed E-state index contributed by atoms with van der Waals surface area (Å²) in [4.78, 5) is 0. The molecule has 18 heavy (non-hydrogen) atoms. The van der Waals surface area contributed by atoms with Gasteiger partial charge in [0, 0.05) is 11.1 Å². The van der Waals surface area contributed by atoms with E-state index < -0.39 is 17.5 Å². The van der Waals surface area contributed by atoms with Crippen LogP contribution in [0, 0.1) is 17.5 Å². The third-order valence-corrected chi connectivity index (χ3v) is 2.68. The van der Waals surface area contributed by atoms with Crippen LogP contribution in [0.25, 0.3) is 11.3 Å². The van der Waals surface area contributed by atoms with E-state index in [2.05, 4.69) is 10.2 Å². The highest BCUT2D eigenvalue weighted by Crippen LogP contribution is 2.32. The van der Waals surface area contributed by atoms with E-state index in [1.165, 1.54) is 0 Å². The molecule has 0 amide bonds. The van der Waals surface area contributed by atoms with Gasteiger partial charge in [0.2, 0.25) is 0 Å². The third-order valence-electron chi connectivity index (χ3n) is 2.68. The van der Waals surface area contributed by atoms with E-state index in [1.54, 1.807) is 0 Å². The smallest absolute Gasteiger partial charge is 0.194 e. The van der Waals surface area contributed by atoms with Crippen LogP contribution in [-0.4, -0.2) is 10.2 Å². The zero-order chi connectivity index (χ0) is 13.4. The molecule has 0 saturated heterocycles. The van der Waals surface area contributed by atoms with Crippen LogP contribution in [0.2, 0.25) is 0 Å². The van der Waals surface area contributed by atoms with Crippen LogP contribution >= 0.6 is 0 Å². The molecular weight excluding hydrogens is 243 g/mol. The molecule has 1 aromatic carbocycles. The summed E-state index contributed by atoms with van der Waals surface area (Å²) in [7, 11) is 0. The Hall–Kier alpha value is -1.98. The van der Waals surface area contributed by atoms with Crippen LogP contribution in [-0.2, 0) is 0 Å². The van der Waals surface area contributed by atoms with Gasteiger partial charge in [0.25, 0.3) is 0 Å². The molecule has 0 spiro atoms. The maximum atomic E-state index is 13.2. The van der Waals surface area contributed by atoms with Gasteiger partial charge in [-0.05, 0) is 18.1 Å². The Morgan fingerprint density at radius 2 is 1.72 bits per heavy atom. The highest BCUT2D eigenvalue weighted by atomic mass is 19.2. The lowest BCUT2D eigenvalue weighted by Crippen LogP contribution is -1.97. The molecule has 0 radical (unpaired) electrons. The minimum atomic E-state index is -1.49. The Kier molecular flexibility index (Phi) is 3.02. The first-order valence-electron chi connectivity index (χ1n) is 5.40. The largest absolute Gasteiger partial charge is 0.382 e. The van der Waals surface area contributed by atoms with Crippen molar-refractivity contribution >= 4 is 5.82 Å².